The quantitative estimate of drug-likeness (QED) is 0.399. The summed E-state index contributed by atoms with van der Waals surface area (Å²) >= 11 is 1.53. The van der Waals surface area contributed by atoms with Crippen molar-refractivity contribution in [2.24, 2.45) is 0 Å². The first-order valence-electron chi connectivity index (χ1n) is 10.0. The number of carboxylic acid groups (broad SMARTS) is 1. The van der Waals surface area contributed by atoms with Gasteiger partial charge in [0.15, 0.2) is 0 Å². The highest BCUT2D eigenvalue weighted by Crippen LogP contribution is 2.23. The molecular formula is C24H24FN3O3S. The van der Waals surface area contributed by atoms with Crippen LogP contribution in [0.3, 0.4) is 0 Å². The zero-order valence-electron chi connectivity index (χ0n) is 17.5. The molecule has 0 aliphatic rings. The van der Waals surface area contributed by atoms with Gasteiger partial charge in [-0.3, -0.25) is 4.79 Å². The Morgan fingerprint density at radius 2 is 2.00 bits per heavy atom. The topological polar surface area (TPSA) is 95.1 Å². The second-order valence-electron chi connectivity index (χ2n) is 7.16. The van der Waals surface area contributed by atoms with Gasteiger partial charge in [0.1, 0.15) is 17.7 Å². The van der Waals surface area contributed by atoms with Crippen molar-refractivity contribution < 1.29 is 19.1 Å². The van der Waals surface area contributed by atoms with Crippen molar-refractivity contribution in [2.45, 2.75) is 18.9 Å². The molecule has 166 valence electrons. The smallest absolute Gasteiger partial charge is 0.326 e. The number of aromatic nitrogens is 2. The highest BCUT2D eigenvalue weighted by molar-refractivity contribution is 7.98. The van der Waals surface area contributed by atoms with Crippen molar-refractivity contribution in [2.75, 3.05) is 12.0 Å². The number of amides is 1. The maximum absolute atomic E-state index is 13.4. The van der Waals surface area contributed by atoms with Crippen LogP contribution in [0.1, 0.15) is 33.7 Å². The minimum Gasteiger partial charge on any atom is -0.480 e. The summed E-state index contributed by atoms with van der Waals surface area (Å²) in [6, 6.07) is 12.2. The van der Waals surface area contributed by atoms with E-state index in [0.717, 1.165) is 22.5 Å². The molecule has 0 radical (unpaired) electrons. The van der Waals surface area contributed by atoms with Gasteiger partial charge in [0.05, 0.1) is 0 Å². The molecule has 0 spiro atoms. The molecule has 0 fully saturated rings. The summed E-state index contributed by atoms with van der Waals surface area (Å²) in [5.74, 6) is -0.427. The lowest BCUT2D eigenvalue weighted by Gasteiger charge is -2.14. The Morgan fingerprint density at radius 3 is 2.66 bits per heavy atom. The number of thioether (sulfide) groups is 1. The number of aliphatic carboxylic acids is 1. The van der Waals surface area contributed by atoms with E-state index in [4.69, 9.17) is 0 Å². The zero-order valence-corrected chi connectivity index (χ0v) is 18.4. The molecule has 0 aliphatic carbocycles. The van der Waals surface area contributed by atoms with Gasteiger partial charge in [-0.25, -0.2) is 14.2 Å². The van der Waals surface area contributed by atoms with Crippen LogP contribution in [0.15, 0.2) is 60.9 Å². The second-order valence-corrected chi connectivity index (χ2v) is 8.15. The minimum atomic E-state index is -1.06. The Balaban J connectivity index is 1.86. The van der Waals surface area contributed by atoms with E-state index in [2.05, 4.69) is 15.3 Å². The van der Waals surface area contributed by atoms with E-state index in [1.165, 1.54) is 23.9 Å². The lowest BCUT2D eigenvalue weighted by molar-refractivity contribution is -0.139. The van der Waals surface area contributed by atoms with E-state index in [-0.39, 0.29) is 5.82 Å². The normalized spacial score (nSPS) is 12.4. The number of H-pyrrole nitrogens is 1. The van der Waals surface area contributed by atoms with E-state index in [9.17, 15) is 19.1 Å². The SMILES string of the molecule is CSCC[C@@H](NC(=O)c1cccc(C=C(Cc2ncc[nH]2)c2ccc(F)cc2)c1)C(=O)O. The van der Waals surface area contributed by atoms with Crippen LogP contribution in [0, 0.1) is 5.82 Å². The molecule has 3 rings (SSSR count). The highest BCUT2D eigenvalue weighted by atomic mass is 32.2. The Hall–Kier alpha value is -3.39. The number of allylic oxidation sites excluding steroid dienone is 1. The van der Waals surface area contributed by atoms with Crippen LogP contribution in [0.25, 0.3) is 11.6 Å². The number of carboxylic acids is 1. The standard InChI is InChI=1S/C24H24FN3O3S/c1-32-12-9-21(24(30)31)28-23(29)18-4-2-3-16(13-18)14-19(15-22-26-10-11-27-22)17-5-7-20(25)8-6-17/h2-8,10-11,13-14,21H,9,12,15H2,1H3,(H,26,27)(H,28,29)(H,30,31)/t21-/m1/s1. The average molecular weight is 454 g/mol. The summed E-state index contributed by atoms with van der Waals surface area (Å²) in [5.41, 5.74) is 2.85. The maximum atomic E-state index is 13.4. The van der Waals surface area contributed by atoms with E-state index >= 15 is 0 Å². The van der Waals surface area contributed by atoms with Crippen molar-refractivity contribution >= 4 is 35.3 Å². The first-order chi connectivity index (χ1) is 15.5. The molecule has 0 saturated heterocycles. The van der Waals surface area contributed by atoms with Gasteiger partial charge in [0.25, 0.3) is 5.91 Å². The van der Waals surface area contributed by atoms with E-state index < -0.39 is 17.9 Å². The van der Waals surface area contributed by atoms with Gasteiger partial charge < -0.3 is 15.4 Å². The van der Waals surface area contributed by atoms with Crippen LogP contribution in [-0.4, -0.2) is 45.0 Å². The minimum absolute atomic E-state index is 0.320. The summed E-state index contributed by atoms with van der Waals surface area (Å²) in [7, 11) is 0. The number of benzene rings is 2. The number of nitrogens with zero attached hydrogens (tertiary/aromatic N) is 1. The van der Waals surface area contributed by atoms with Gasteiger partial charge in [-0.2, -0.15) is 11.8 Å². The third-order valence-corrected chi connectivity index (χ3v) is 5.48. The predicted octanol–water partition coefficient (Wildman–Crippen LogP) is 4.27. The molecule has 0 bridgehead atoms. The summed E-state index contributed by atoms with van der Waals surface area (Å²) in [5, 5.41) is 12.0. The molecule has 8 heteroatoms. The molecule has 32 heavy (non-hydrogen) atoms. The van der Waals surface area contributed by atoms with Crippen LogP contribution in [0.2, 0.25) is 0 Å². The van der Waals surface area contributed by atoms with Gasteiger partial charge >= 0.3 is 5.97 Å². The molecule has 0 unspecified atom stereocenters. The van der Waals surface area contributed by atoms with Crippen molar-refractivity contribution in [3.8, 4) is 0 Å². The van der Waals surface area contributed by atoms with Crippen LogP contribution in [0.4, 0.5) is 4.39 Å². The van der Waals surface area contributed by atoms with E-state index in [1.807, 2.05) is 18.4 Å². The molecule has 3 aromatic rings. The number of hydrogen-bond donors (Lipinski definition) is 3. The molecule has 1 amide bonds. The molecule has 6 nitrogen and oxygen atoms in total. The van der Waals surface area contributed by atoms with Gasteiger partial charge in [0, 0.05) is 24.4 Å². The molecule has 3 N–H and O–H groups in total. The first kappa shape index (κ1) is 23.3. The van der Waals surface area contributed by atoms with Crippen LogP contribution < -0.4 is 5.32 Å². The van der Waals surface area contributed by atoms with Gasteiger partial charge in [-0.1, -0.05) is 30.3 Å². The van der Waals surface area contributed by atoms with Gasteiger partial charge in [-0.15, -0.1) is 0 Å². The highest BCUT2D eigenvalue weighted by Gasteiger charge is 2.20. The number of hydrogen-bond acceptors (Lipinski definition) is 4. The van der Waals surface area contributed by atoms with Crippen molar-refractivity contribution in [3.63, 3.8) is 0 Å². The fraction of sp³-hybridized carbons (Fsp3) is 0.208. The van der Waals surface area contributed by atoms with Crippen molar-refractivity contribution in [1.82, 2.24) is 15.3 Å². The number of carbonyl (C=O) groups is 2. The fourth-order valence-corrected chi connectivity index (χ4v) is 3.65. The summed E-state index contributed by atoms with van der Waals surface area (Å²) in [4.78, 5) is 31.4. The van der Waals surface area contributed by atoms with Crippen molar-refractivity contribution in [1.29, 1.82) is 0 Å². The molecule has 0 saturated carbocycles. The number of carbonyl (C=O) groups excluding carboxylic acids is 1. The first-order valence-corrected chi connectivity index (χ1v) is 11.4. The Bertz CT molecular complexity index is 1080. The fourth-order valence-electron chi connectivity index (χ4n) is 3.18. The average Bonchev–Trinajstić information content (AvgIpc) is 3.30. The molecule has 2 aromatic carbocycles. The lowest BCUT2D eigenvalue weighted by atomic mass is 9.98. The largest absolute Gasteiger partial charge is 0.480 e. The number of rotatable bonds is 10. The third kappa shape index (κ3) is 6.55. The van der Waals surface area contributed by atoms with Gasteiger partial charge in [-0.05, 0) is 59.4 Å². The third-order valence-electron chi connectivity index (χ3n) is 4.83. The molecule has 0 aliphatic heterocycles. The Morgan fingerprint density at radius 1 is 1.22 bits per heavy atom. The van der Waals surface area contributed by atoms with E-state index in [0.29, 0.717) is 24.2 Å². The van der Waals surface area contributed by atoms with Gasteiger partial charge in [0.2, 0.25) is 0 Å². The number of nitrogens with one attached hydrogen (secondary N) is 2. The number of halogens is 1. The van der Waals surface area contributed by atoms with Crippen molar-refractivity contribution in [3.05, 3.63) is 89.3 Å². The Kier molecular flexibility index (Phi) is 8.21. The Labute approximate surface area is 190 Å². The summed E-state index contributed by atoms with van der Waals surface area (Å²) in [6.45, 7) is 0. The zero-order chi connectivity index (χ0) is 22.9. The molecule has 1 aromatic heterocycles. The maximum Gasteiger partial charge on any atom is 0.326 e. The lowest BCUT2D eigenvalue weighted by Crippen LogP contribution is -2.41. The summed E-state index contributed by atoms with van der Waals surface area (Å²) in [6.07, 6.45) is 8.04. The van der Waals surface area contributed by atoms with Crippen LogP contribution in [-0.2, 0) is 11.2 Å². The number of imidazole rings is 1. The van der Waals surface area contributed by atoms with Crippen LogP contribution in [0.5, 0.6) is 0 Å². The second kappa shape index (κ2) is 11.3. The monoisotopic (exact) mass is 453 g/mol. The molecule has 1 heterocycles. The molecular weight excluding hydrogens is 429 g/mol. The predicted molar refractivity (Wildman–Crippen MR) is 125 cm³/mol. The number of aromatic amines is 1. The summed E-state index contributed by atoms with van der Waals surface area (Å²) < 4.78 is 13.4. The molecule has 1 atom stereocenters. The van der Waals surface area contributed by atoms with E-state index in [1.54, 1.807) is 42.7 Å². The van der Waals surface area contributed by atoms with Crippen LogP contribution >= 0.6 is 11.8 Å².